The summed E-state index contributed by atoms with van der Waals surface area (Å²) in [6.07, 6.45) is 6.85. The van der Waals surface area contributed by atoms with Gasteiger partial charge in [0.15, 0.2) is 0 Å². The van der Waals surface area contributed by atoms with Crippen LogP contribution in [-0.4, -0.2) is 5.97 Å². The third-order valence-corrected chi connectivity index (χ3v) is 1.30. The summed E-state index contributed by atoms with van der Waals surface area (Å²) in [7, 11) is 0. The van der Waals surface area contributed by atoms with E-state index in [2.05, 4.69) is 11.9 Å². The molecule has 0 N–H and O–H groups in total. The number of allylic oxidation sites excluding steroid dienone is 1. The van der Waals surface area contributed by atoms with Gasteiger partial charge in [-0.2, -0.15) is 0 Å². The fourth-order valence-corrected chi connectivity index (χ4v) is 0.717. The highest BCUT2D eigenvalue weighted by molar-refractivity contribution is 5.81. The molecule has 0 aliphatic rings. The summed E-state index contributed by atoms with van der Waals surface area (Å²) in [5, 5.41) is 0. The first-order valence-corrected chi connectivity index (χ1v) is 3.80. The van der Waals surface area contributed by atoms with Crippen LogP contribution in [0.15, 0.2) is 12.2 Å². The predicted molar refractivity (Wildman–Crippen MR) is 40.5 cm³/mol. The van der Waals surface area contributed by atoms with Crippen LogP contribution in [0.4, 0.5) is 4.53 Å². The van der Waals surface area contributed by atoms with Crippen LogP contribution < -0.4 is 0 Å². The van der Waals surface area contributed by atoms with Crippen LogP contribution in [0.5, 0.6) is 0 Å². The van der Waals surface area contributed by atoms with E-state index in [0.717, 1.165) is 31.8 Å². The zero-order chi connectivity index (χ0) is 8.53. The Balaban J connectivity index is 3.22. The minimum atomic E-state index is -0.929. The second-order valence-electron chi connectivity index (χ2n) is 2.29. The number of unbranched alkanes of at least 4 members (excludes halogenated alkanes) is 3. The van der Waals surface area contributed by atoms with Crippen molar-refractivity contribution in [2.45, 2.75) is 32.6 Å². The summed E-state index contributed by atoms with van der Waals surface area (Å²) >= 11 is 0. The number of rotatable bonds is 5. The van der Waals surface area contributed by atoms with E-state index < -0.39 is 5.97 Å². The SMILES string of the molecule is CCCCCC=CC(=O)OF. The fraction of sp³-hybridized carbons (Fsp3) is 0.625. The molecule has 0 saturated heterocycles. The molecule has 0 amide bonds. The molecule has 11 heavy (non-hydrogen) atoms. The third kappa shape index (κ3) is 7.03. The van der Waals surface area contributed by atoms with Gasteiger partial charge in [0.25, 0.3) is 0 Å². The lowest BCUT2D eigenvalue weighted by Gasteiger charge is -1.89. The van der Waals surface area contributed by atoms with Gasteiger partial charge in [-0.15, -0.1) is 0 Å². The van der Waals surface area contributed by atoms with Crippen molar-refractivity contribution in [1.82, 2.24) is 0 Å². The summed E-state index contributed by atoms with van der Waals surface area (Å²) < 4.78 is 11.1. The molecule has 3 heteroatoms. The molecule has 0 atom stereocenters. The number of hydrogen-bond acceptors (Lipinski definition) is 2. The highest BCUT2D eigenvalue weighted by atomic mass is 19.3. The summed E-state index contributed by atoms with van der Waals surface area (Å²) in [5.74, 6) is -0.929. The Kier molecular flexibility index (Phi) is 6.68. The molecule has 0 aliphatic heterocycles. The monoisotopic (exact) mass is 160 g/mol. The molecular formula is C8H13FO2. The van der Waals surface area contributed by atoms with Crippen LogP contribution in [0.25, 0.3) is 0 Å². The molecule has 0 rings (SSSR count). The molecule has 2 nitrogen and oxygen atoms in total. The second kappa shape index (κ2) is 7.25. The molecule has 0 spiro atoms. The van der Waals surface area contributed by atoms with Gasteiger partial charge < -0.3 is 0 Å². The molecule has 0 aliphatic carbocycles. The highest BCUT2D eigenvalue weighted by Crippen LogP contribution is 1.99. The van der Waals surface area contributed by atoms with Gasteiger partial charge in [-0.05, 0) is 12.8 Å². The van der Waals surface area contributed by atoms with Crippen LogP contribution >= 0.6 is 0 Å². The van der Waals surface area contributed by atoms with Gasteiger partial charge in [0.1, 0.15) is 0 Å². The van der Waals surface area contributed by atoms with Gasteiger partial charge in [0, 0.05) is 10.6 Å². The predicted octanol–water partition coefficient (Wildman–Crippen LogP) is 2.55. The highest BCUT2D eigenvalue weighted by Gasteiger charge is 1.92. The topological polar surface area (TPSA) is 26.3 Å². The van der Waals surface area contributed by atoms with Crippen molar-refractivity contribution in [1.29, 1.82) is 0 Å². The minimum Gasteiger partial charge on any atom is -0.250 e. The van der Waals surface area contributed by atoms with Gasteiger partial charge in [0.05, 0.1) is 0 Å². The fourth-order valence-electron chi connectivity index (χ4n) is 0.717. The lowest BCUT2D eigenvalue weighted by molar-refractivity contribution is -0.176. The van der Waals surface area contributed by atoms with Crippen LogP contribution in [0.1, 0.15) is 32.6 Å². The lowest BCUT2D eigenvalue weighted by Crippen LogP contribution is -1.89. The van der Waals surface area contributed by atoms with Crippen molar-refractivity contribution < 1.29 is 14.3 Å². The van der Waals surface area contributed by atoms with Gasteiger partial charge in [-0.25, -0.2) is 4.79 Å². The van der Waals surface area contributed by atoms with Crippen LogP contribution in [-0.2, 0) is 9.74 Å². The second-order valence-corrected chi connectivity index (χ2v) is 2.29. The van der Waals surface area contributed by atoms with E-state index in [0.29, 0.717) is 0 Å². The molecule has 0 aromatic carbocycles. The Morgan fingerprint density at radius 2 is 2.27 bits per heavy atom. The Labute approximate surface area is 65.9 Å². The number of carbonyl (C=O) groups is 1. The average molecular weight is 160 g/mol. The molecular weight excluding hydrogens is 147 g/mol. The van der Waals surface area contributed by atoms with Gasteiger partial charge in [-0.1, -0.05) is 25.8 Å². The van der Waals surface area contributed by atoms with E-state index in [1.165, 1.54) is 0 Å². The van der Waals surface area contributed by atoms with Gasteiger partial charge in [-0.3, -0.25) is 4.94 Å². The van der Waals surface area contributed by atoms with E-state index >= 15 is 0 Å². The molecule has 0 aromatic rings. The third-order valence-electron chi connectivity index (χ3n) is 1.30. The van der Waals surface area contributed by atoms with E-state index in [9.17, 15) is 9.32 Å². The summed E-state index contributed by atoms with van der Waals surface area (Å²) in [6.45, 7) is 2.10. The van der Waals surface area contributed by atoms with Crippen molar-refractivity contribution >= 4 is 5.97 Å². The van der Waals surface area contributed by atoms with Crippen LogP contribution in [0.3, 0.4) is 0 Å². The molecule has 0 bridgehead atoms. The summed E-state index contributed by atoms with van der Waals surface area (Å²) in [6, 6.07) is 0. The minimum absolute atomic E-state index is 0.808. The zero-order valence-corrected chi connectivity index (χ0v) is 6.68. The Bertz CT molecular complexity index is 132. The first-order chi connectivity index (χ1) is 5.31. The number of carbonyl (C=O) groups excluding carboxylic acids is 1. The molecule has 0 saturated carbocycles. The Hall–Kier alpha value is -0.860. The maximum atomic E-state index is 11.1. The van der Waals surface area contributed by atoms with E-state index in [1.54, 1.807) is 6.08 Å². The Morgan fingerprint density at radius 1 is 1.55 bits per heavy atom. The molecule has 0 aromatic heterocycles. The standard InChI is InChI=1S/C8H13FO2/c1-2-3-4-5-6-7-8(10)11-9/h6-7H,2-5H2,1H3. The van der Waals surface area contributed by atoms with Crippen molar-refractivity contribution in [2.24, 2.45) is 0 Å². The van der Waals surface area contributed by atoms with Crippen LogP contribution in [0, 0.1) is 0 Å². The van der Waals surface area contributed by atoms with Gasteiger partial charge in [0.2, 0.25) is 0 Å². The largest absolute Gasteiger partial charge is 0.372 e. The molecule has 0 heterocycles. The summed E-state index contributed by atoms with van der Waals surface area (Å²) in [4.78, 5) is 13.1. The quantitative estimate of drug-likeness (QED) is 0.456. The molecule has 64 valence electrons. The molecule has 0 fully saturated rings. The van der Waals surface area contributed by atoms with Crippen molar-refractivity contribution in [2.75, 3.05) is 0 Å². The first kappa shape index (κ1) is 10.1. The van der Waals surface area contributed by atoms with E-state index in [4.69, 9.17) is 0 Å². The van der Waals surface area contributed by atoms with Crippen LogP contribution in [0.2, 0.25) is 0 Å². The maximum absolute atomic E-state index is 11.1. The lowest BCUT2D eigenvalue weighted by atomic mass is 10.2. The van der Waals surface area contributed by atoms with Crippen molar-refractivity contribution in [3.05, 3.63) is 12.2 Å². The van der Waals surface area contributed by atoms with E-state index in [1.807, 2.05) is 0 Å². The van der Waals surface area contributed by atoms with Gasteiger partial charge >= 0.3 is 5.97 Å². The Morgan fingerprint density at radius 3 is 2.82 bits per heavy atom. The molecule has 0 radical (unpaired) electrons. The average Bonchev–Trinajstić information content (AvgIpc) is 2.04. The number of hydrogen-bond donors (Lipinski definition) is 0. The van der Waals surface area contributed by atoms with Crippen molar-refractivity contribution in [3.63, 3.8) is 0 Å². The maximum Gasteiger partial charge on any atom is 0.372 e. The summed E-state index contributed by atoms with van der Waals surface area (Å²) in [5.41, 5.74) is 0. The van der Waals surface area contributed by atoms with Crippen molar-refractivity contribution in [3.8, 4) is 0 Å². The normalized spacial score (nSPS) is 10.4. The smallest absolute Gasteiger partial charge is 0.250 e. The molecule has 0 unspecified atom stereocenters. The first-order valence-electron chi connectivity index (χ1n) is 3.80. The number of halogens is 1. The zero-order valence-electron chi connectivity index (χ0n) is 6.68. The van der Waals surface area contributed by atoms with E-state index in [-0.39, 0.29) is 0 Å².